The fourth-order valence-electron chi connectivity index (χ4n) is 3.87. The summed E-state index contributed by atoms with van der Waals surface area (Å²) < 4.78 is 0. The van der Waals surface area contributed by atoms with Crippen LogP contribution in [0.1, 0.15) is 40.4 Å². The highest BCUT2D eigenvalue weighted by atomic mass is 35.5. The molecule has 152 valence electrons. The summed E-state index contributed by atoms with van der Waals surface area (Å²) in [6, 6.07) is 21.6. The molecule has 0 saturated heterocycles. The SMILES string of the molecule is CCc1ccc(C(=O)C[C@]2(O)C(=O)N(Cc3ccc(Cl)cc3)c3ccccc32)cc1. The zero-order valence-electron chi connectivity index (χ0n) is 16.6. The number of aliphatic hydroxyl groups is 1. The van der Waals surface area contributed by atoms with Crippen LogP contribution < -0.4 is 4.90 Å². The number of anilines is 1. The maximum absolute atomic E-state index is 13.3. The van der Waals surface area contributed by atoms with Crippen LogP contribution in [-0.2, 0) is 23.4 Å². The molecule has 0 unspecified atom stereocenters. The Morgan fingerprint density at radius 3 is 2.27 bits per heavy atom. The van der Waals surface area contributed by atoms with E-state index in [9.17, 15) is 14.7 Å². The van der Waals surface area contributed by atoms with E-state index in [2.05, 4.69) is 0 Å². The van der Waals surface area contributed by atoms with E-state index in [1.54, 1.807) is 42.5 Å². The van der Waals surface area contributed by atoms with Crippen molar-refractivity contribution < 1.29 is 14.7 Å². The number of halogens is 1. The zero-order valence-corrected chi connectivity index (χ0v) is 17.4. The largest absolute Gasteiger partial charge is 0.375 e. The number of nitrogens with zero attached hydrogens (tertiary/aromatic N) is 1. The average Bonchev–Trinajstić information content (AvgIpc) is 2.97. The van der Waals surface area contributed by atoms with E-state index in [0.29, 0.717) is 21.8 Å². The van der Waals surface area contributed by atoms with E-state index in [1.807, 2.05) is 37.3 Å². The van der Waals surface area contributed by atoms with Crippen molar-refractivity contribution in [2.45, 2.75) is 31.9 Å². The second-order valence-electron chi connectivity index (χ2n) is 7.55. The lowest BCUT2D eigenvalue weighted by Gasteiger charge is -2.23. The fraction of sp³-hybridized carbons (Fsp3) is 0.200. The monoisotopic (exact) mass is 419 g/mol. The molecule has 0 saturated carbocycles. The summed E-state index contributed by atoms with van der Waals surface area (Å²) in [5, 5.41) is 12.0. The molecule has 0 bridgehead atoms. The number of benzene rings is 3. The number of amides is 1. The summed E-state index contributed by atoms with van der Waals surface area (Å²) in [6.07, 6.45) is 0.579. The van der Waals surface area contributed by atoms with Gasteiger partial charge in [0, 0.05) is 16.1 Å². The molecule has 0 radical (unpaired) electrons. The van der Waals surface area contributed by atoms with Crippen LogP contribution in [-0.4, -0.2) is 16.8 Å². The second kappa shape index (κ2) is 8.05. The van der Waals surface area contributed by atoms with E-state index in [0.717, 1.165) is 17.5 Å². The first-order chi connectivity index (χ1) is 14.4. The van der Waals surface area contributed by atoms with Crippen molar-refractivity contribution in [2.75, 3.05) is 4.90 Å². The molecule has 5 heteroatoms. The van der Waals surface area contributed by atoms with Gasteiger partial charge < -0.3 is 10.0 Å². The van der Waals surface area contributed by atoms with Gasteiger partial charge in [0.25, 0.3) is 5.91 Å². The third-order valence-corrected chi connectivity index (χ3v) is 5.85. The highest BCUT2D eigenvalue weighted by molar-refractivity contribution is 6.30. The standard InChI is InChI=1S/C25H22ClNO3/c1-2-17-7-11-19(12-8-17)23(28)15-25(30)21-5-3-4-6-22(21)27(24(25)29)16-18-9-13-20(26)14-10-18/h3-14,30H,2,15-16H2,1H3/t25-/m1/s1. The van der Waals surface area contributed by atoms with Crippen LogP contribution in [0.3, 0.4) is 0 Å². The van der Waals surface area contributed by atoms with Gasteiger partial charge in [-0.2, -0.15) is 0 Å². The van der Waals surface area contributed by atoms with Gasteiger partial charge >= 0.3 is 0 Å². The molecule has 0 fully saturated rings. The molecule has 1 N–H and O–H groups in total. The Hall–Kier alpha value is -2.95. The van der Waals surface area contributed by atoms with Crippen molar-refractivity contribution in [3.63, 3.8) is 0 Å². The van der Waals surface area contributed by atoms with Gasteiger partial charge in [-0.1, -0.05) is 73.1 Å². The summed E-state index contributed by atoms with van der Waals surface area (Å²) in [7, 11) is 0. The van der Waals surface area contributed by atoms with Crippen LogP contribution in [0, 0.1) is 0 Å². The molecule has 30 heavy (non-hydrogen) atoms. The van der Waals surface area contributed by atoms with E-state index in [-0.39, 0.29) is 18.7 Å². The van der Waals surface area contributed by atoms with Crippen molar-refractivity contribution in [2.24, 2.45) is 0 Å². The first kappa shape index (κ1) is 20.3. The van der Waals surface area contributed by atoms with E-state index >= 15 is 0 Å². The van der Waals surface area contributed by atoms with Crippen LogP contribution in [0.15, 0.2) is 72.8 Å². The molecule has 1 heterocycles. The molecule has 4 nitrogen and oxygen atoms in total. The smallest absolute Gasteiger partial charge is 0.264 e. The number of ketones is 1. The van der Waals surface area contributed by atoms with Gasteiger partial charge in [-0.25, -0.2) is 0 Å². The normalized spacial score (nSPS) is 17.8. The molecular weight excluding hydrogens is 398 g/mol. The quantitative estimate of drug-likeness (QED) is 0.577. The maximum Gasteiger partial charge on any atom is 0.264 e. The van der Waals surface area contributed by atoms with Crippen LogP contribution in [0.5, 0.6) is 0 Å². The number of hydrogen-bond acceptors (Lipinski definition) is 3. The Balaban J connectivity index is 1.64. The highest BCUT2D eigenvalue weighted by Crippen LogP contribution is 2.43. The zero-order chi connectivity index (χ0) is 21.3. The summed E-state index contributed by atoms with van der Waals surface area (Å²) >= 11 is 5.96. The van der Waals surface area contributed by atoms with Gasteiger partial charge in [-0.05, 0) is 35.7 Å². The van der Waals surface area contributed by atoms with Gasteiger partial charge in [0.15, 0.2) is 11.4 Å². The van der Waals surface area contributed by atoms with Crippen molar-refractivity contribution in [3.05, 3.63) is 100 Å². The van der Waals surface area contributed by atoms with Gasteiger partial charge in [0.05, 0.1) is 18.7 Å². The Labute approximate surface area is 180 Å². The van der Waals surface area contributed by atoms with Gasteiger partial charge in [0.2, 0.25) is 0 Å². The summed E-state index contributed by atoms with van der Waals surface area (Å²) in [5.41, 5.74) is 1.69. The Morgan fingerprint density at radius 1 is 0.967 bits per heavy atom. The molecule has 0 aromatic heterocycles. The van der Waals surface area contributed by atoms with Crippen LogP contribution >= 0.6 is 11.6 Å². The molecule has 3 aromatic rings. The highest BCUT2D eigenvalue weighted by Gasteiger charge is 2.50. The first-order valence-corrected chi connectivity index (χ1v) is 10.3. The van der Waals surface area contributed by atoms with E-state index in [4.69, 9.17) is 11.6 Å². The molecule has 1 aliphatic rings. The Bertz CT molecular complexity index is 1090. The second-order valence-corrected chi connectivity index (χ2v) is 7.98. The number of Topliss-reactive ketones (excluding diaryl/α,β-unsaturated/α-hetero) is 1. The molecule has 1 amide bonds. The number of hydrogen-bond donors (Lipinski definition) is 1. The topological polar surface area (TPSA) is 57.6 Å². The first-order valence-electron chi connectivity index (χ1n) is 9.93. The summed E-state index contributed by atoms with van der Waals surface area (Å²) in [4.78, 5) is 27.8. The van der Waals surface area contributed by atoms with Gasteiger partial charge in [0.1, 0.15) is 0 Å². The number of carbonyl (C=O) groups is 2. The van der Waals surface area contributed by atoms with Gasteiger partial charge in [-0.15, -0.1) is 0 Å². The summed E-state index contributed by atoms with van der Waals surface area (Å²) in [6.45, 7) is 2.33. The Kier molecular flexibility index (Phi) is 5.46. The van der Waals surface area contributed by atoms with Crippen molar-refractivity contribution in [1.82, 2.24) is 0 Å². The molecular formula is C25H22ClNO3. The van der Waals surface area contributed by atoms with Crippen LogP contribution in [0.4, 0.5) is 5.69 Å². The lowest BCUT2D eigenvalue weighted by Crippen LogP contribution is -2.41. The maximum atomic E-state index is 13.3. The number of rotatable bonds is 6. The molecule has 4 rings (SSSR count). The predicted molar refractivity (Wildman–Crippen MR) is 118 cm³/mol. The molecule has 0 aliphatic carbocycles. The number of carbonyl (C=O) groups excluding carboxylic acids is 2. The van der Waals surface area contributed by atoms with Crippen LogP contribution in [0.2, 0.25) is 5.02 Å². The van der Waals surface area contributed by atoms with E-state index in [1.165, 1.54) is 4.90 Å². The lowest BCUT2D eigenvalue weighted by molar-refractivity contribution is -0.136. The summed E-state index contributed by atoms with van der Waals surface area (Å²) in [5.74, 6) is -0.756. The average molecular weight is 420 g/mol. The third-order valence-electron chi connectivity index (χ3n) is 5.59. The predicted octanol–water partition coefficient (Wildman–Crippen LogP) is 4.91. The van der Waals surface area contributed by atoms with Crippen molar-refractivity contribution in [3.8, 4) is 0 Å². The molecule has 1 aliphatic heterocycles. The minimum absolute atomic E-state index is 0.267. The Morgan fingerprint density at radius 2 is 1.60 bits per heavy atom. The van der Waals surface area contributed by atoms with Crippen LogP contribution in [0.25, 0.3) is 0 Å². The third kappa shape index (κ3) is 3.64. The number of fused-ring (bicyclic) bond motifs is 1. The minimum atomic E-state index is -1.89. The van der Waals surface area contributed by atoms with Crippen molar-refractivity contribution >= 4 is 29.0 Å². The minimum Gasteiger partial charge on any atom is -0.375 e. The molecule has 3 aromatic carbocycles. The fourth-order valence-corrected chi connectivity index (χ4v) is 3.99. The van der Waals surface area contributed by atoms with E-state index < -0.39 is 11.5 Å². The lowest BCUT2D eigenvalue weighted by atomic mass is 9.88. The molecule has 1 atom stereocenters. The van der Waals surface area contributed by atoms with Crippen molar-refractivity contribution in [1.29, 1.82) is 0 Å². The molecule has 0 spiro atoms. The number of para-hydroxylation sites is 1. The number of aryl methyl sites for hydroxylation is 1. The van der Waals surface area contributed by atoms with Gasteiger partial charge in [-0.3, -0.25) is 9.59 Å².